The molecule has 0 aliphatic heterocycles. The molecular weight excluding hydrogens is 142 g/mol. The number of hydrogen-bond acceptors (Lipinski definition) is 3. The van der Waals surface area contributed by atoms with Crippen molar-refractivity contribution in [2.75, 3.05) is 0 Å². The highest BCUT2D eigenvalue weighted by Crippen LogP contribution is 2.02. The first-order valence-electron chi connectivity index (χ1n) is 3.17. The van der Waals surface area contributed by atoms with E-state index in [9.17, 15) is 5.21 Å². The number of benzene rings is 1. The molecule has 0 fully saturated rings. The molecule has 0 atom stereocenters. The lowest BCUT2D eigenvalue weighted by Crippen LogP contribution is -2.31. The van der Waals surface area contributed by atoms with Crippen LogP contribution in [-0.2, 0) is 0 Å². The molecule has 54 valence electrons. The van der Waals surface area contributed by atoms with Gasteiger partial charge in [-0.05, 0) is 10.9 Å². The van der Waals surface area contributed by atoms with Gasteiger partial charge in [0.1, 0.15) is 5.52 Å². The standard InChI is InChI=1S/C7H5N3O/c11-10-7-4-2-1-3-6(7)8-5-9-10/h1-5H. The Kier molecular flexibility index (Phi) is 1.18. The molecule has 2 rings (SSSR count). The maximum atomic E-state index is 10.9. The minimum absolute atomic E-state index is 0.495. The number of aromatic nitrogens is 3. The van der Waals surface area contributed by atoms with Crippen molar-refractivity contribution in [1.82, 2.24) is 10.1 Å². The van der Waals surface area contributed by atoms with Crippen molar-refractivity contribution in [3.8, 4) is 0 Å². The highest BCUT2D eigenvalue weighted by Gasteiger charge is 2.01. The van der Waals surface area contributed by atoms with Gasteiger partial charge in [-0.1, -0.05) is 12.1 Å². The second kappa shape index (κ2) is 2.16. The summed E-state index contributed by atoms with van der Waals surface area (Å²) in [5.41, 5.74) is 1.16. The van der Waals surface area contributed by atoms with Crippen molar-refractivity contribution < 1.29 is 4.85 Å². The molecule has 0 N–H and O–H groups in total. The van der Waals surface area contributed by atoms with E-state index in [1.165, 1.54) is 6.33 Å². The zero-order chi connectivity index (χ0) is 7.68. The van der Waals surface area contributed by atoms with Crippen LogP contribution in [-0.4, -0.2) is 10.1 Å². The molecule has 4 heteroatoms. The van der Waals surface area contributed by atoms with Crippen molar-refractivity contribution in [2.24, 2.45) is 0 Å². The van der Waals surface area contributed by atoms with Crippen molar-refractivity contribution in [3.63, 3.8) is 0 Å². The van der Waals surface area contributed by atoms with Gasteiger partial charge in [-0.25, -0.2) is 4.98 Å². The van der Waals surface area contributed by atoms with Crippen molar-refractivity contribution in [2.45, 2.75) is 0 Å². The summed E-state index contributed by atoms with van der Waals surface area (Å²) in [4.78, 5) is 4.47. The Morgan fingerprint density at radius 1 is 1.27 bits per heavy atom. The van der Waals surface area contributed by atoms with Crippen LogP contribution < -0.4 is 4.85 Å². The van der Waals surface area contributed by atoms with Crippen molar-refractivity contribution >= 4 is 11.0 Å². The Bertz CT molecular complexity index is 383. The lowest BCUT2D eigenvalue weighted by molar-refractivity contribution is -0.643. The Balaban J connectivity index is 2.91. The van der Waals surface area contributed by atoms with Gasteiger partial charge in [0, 0.05) is 11.2 Å². The van der Waals surface area contributed by atoms with Gasteiger partial charge >= 0.3 is 0 Å². The zero-order valence-corrected chi connectivity index (χ0v) is 5.64. The molecule has 1 heterocycles. The maximum Gasteiger partial charge on any atom is 0.270 e. The van der Waals surface area contributed by atoms with Crippen LogP contribution in [0.25, 0.3) is 11.0 Å². The fourth-order valence-corrected chi connectivity index (χ4v) is 0.932. The first-order chi connectivity index (χ1) is 5.38. The molecule has 0 saturated heterocycles. The smallest absolute Gasteiger partial charge is 0.270 e. The quantitative estimate of drug-likeness (QED) is 0.397. The van der Waals surface area contributed by atoms with Crippen LogP contribution >= 0.6 is 0 Å². The zero-order valence-electron chi connectivity index (χ0n) is 5.64. The van der Waals surface area contributed by atoms with E-state index in [2.05, 4.69) is 10.1 Å². The van der Waals surface area contributed by atoms with E-state index in [0.29, 0.717) is 15.9 Å². The third kappa shape index (κ3) is 0.881. The molecule has 1 aromatic heterocycles. The lowest BCUT2D eigenvalue weighted by atomic mass is 10.3. The molecule has 0 saturated carbocycles. The topological polar surface area (TPSA) is 52.7 Å². The van der Waals surface area contributed by atoms with E-state index in [1.807, 2.05) is 6.07 Å². The molecule has 2 aromatic rings. The Morgan fingerprint density at radius 2 is 2.09 bits per heavy atom. The van der Waals surface area contributed by atoms with E-state index in [-0.39, 0.29) is 0 Å². The lowest BCUT2D eigenvalue weighted by Gasteiger charge is -1.94. The number of para-hydroxylation sites is 2. The third-order valence-corrected chi connectivity index (χ3v) is 1.44. The fraction of sp³-hybridized carbons (Fsp3) is 0. The van der Waals surface area contributed by atoms with Gasteiger partial charge in [0.2, 0.25) is 0 Å². The maximum absolute atomic E-state index is 10.9. The Labute approximate surface area is 62.7 Å². The van der Waals surface area contributed by atoms with E-state index in [1.54, 1.807) is 18.2 Å². The average Bonchev–Trinajstić information content (AvgIpc) is 2.06. The minimum atomic E-state index is 0.495. The van der Waals surface area contributed by atoms with Gasteiger partial charge in [-0.15, -0.1) is 0 Å². The molecule has 0 radical (unpaired) electrons. The monoisotopic (exact) mass is 147 g/mol. The Morgan fingerprint density at radius 3 is 2.91 bits per heavy atom. The summed E-state index contributed by atoms with van der Waals surface area (Å²) in [6.45, 7) is 0. The average molecular weight is 147 g/mol. The summed E-state index contributed by atoms with van der Waals surface area (Å²) < 4.78 is 0. The Hall–Kier alpha value is -1.71. The van der Waals surface area contributed by atoms with Crippen LogP contribution in [0.3, 0.4) is 0 Å². The van der Waals surface area contributed by atoms with E-state index in [4.69, 9.17) is 0 Å². The first kappa shape index (κ1) is 6.03. The summed E-state index contributed by atoms with van der Waals surface area (Å²) in [6, 6.07) is 7.06. The van der Waals surface area contributed by atoms with Crippen LogP contribution in [0, 0.1) is 5.21 Å². The molecule has 0 aliphatic rings. The summed E-state index contributed by atoms with van der Waals surface area (Å²) in [6.07, 6.45) is 1.25. The highest BCUT2D eigenvalue weighted by molar-refractivity contribution is 5.69. The molecule has 0 aliphatic carbocycles. The van der Waals surface area contributed by atoms with Gasteiger partial charge in [0.15, 0.2) is 6.33 Å². The molecular formula is C7H5N3O. The van der Waals surface area contributed by atoms with Gasteiger partial charge < -0.3 is 5.21 Å². The van der Waals surface area contributed by atoms with E-state index >= 15 is 0 Å². The minimum Gasteiger partial charge on any atom is -0.594 e. The van der Waals surface area contributed by atoms with Crippen molar-refractivity contribution in [1.29, 1.82) is 0 Å². The number of nitrogens with zero attached hydrogens (tertiary/aromatic N) is 3. The molecule has 0 unspecified atom stereocenters. The van der Waals surface area contributed by atoms with Crippen molar-refractivity contribution in [3.05, 3.63) is 35.8 Å². The second-order valence-electron chi connectivity index (χ2n) is 2.12. The fourth-order valence-electron chi connectivity index (χ4n) is 0.932. The number of hydrogen-bond donors (Lipinski definition) is 0. The predicted molar refractivity (Wildman–Crippen MR) is 38.5 cm³/mol. The predicted octanol–water partition coefficient (Wildman–Crippen LogP) is 0.263. The normalized spacial score (nSPS) is 10.2. The van der Waals surface area contributed by atoms with E-state index < -0.39 is 0 Å². The number of rotatable bonds is 0. The van der Waals surface area contributed by atoms with Crippen LogP contribution in [0.5, 0.6) is 0 Å². The molecule has 0 bridgehead atoms. The summed E-state index contributed by atoms with van der Waals surface area (Å²) in [5, 5.41) is 14.4. The molecule has 0 amide bonds. The molecule has 11 heavy (non-hydrogen) atoms. The van der Waals surface area contributed by atoms with Crippen LogP contribution in [0.4, 0.5) is 0 Å². The van der Waals surface area contributed by atoms with Gasteiger partial charge in [-0.3, -0.25) is 0 Å². The van der Waals surface area contributed by atoms with Gasteiger partial charge in [0.25, 0.3) is 5.52 Å². The number of fused-ring (bicyclic) bond motifs is 1. The summed E-state index contributed by atoms with van der Waals surface area (Å²) >= 11 is 0. The summed E-state index contributed by atoms with van der Waals surface area (Å²) in [5.74, 6) is 0. The first-order valence-corrected chi connectivity index (χ1v) is 3.17. The second-order valence-corrected chi connectivity index (χ2v) is 2.12. The van der Waals surface area contributed by atoms with Crippen LogP contribution in [0.1, 0.15) is 0 Å². The SMILES string of the molecule is [O-][n+]1ncnc2ccccc21. The van der Waals surface area contributed by atoms with Crippen LogP contribution in [0.2, 0.25) is 0 Å². The van der Waals surface area contributed by atoms with Gasteiger partial charge in [0.05, 0.1) is 0 Å². The molecule has 4 nitrogen and oxygen atoms in total. The molecule has 1 aromatic carbocycles. The summed E-state index contributed by atoms with van der Waals surface area (Å²) in [7, 11) is 0. The highest BCUT2D eigenvalue weighted by atomic mass is 16.5. The largest absolute Gasteiger partial charge is 0.594 e. The van der Waals surface area contributed by atoms with Gasteiger partial charge in [-0.2, -0.15) is 0 Å². The molecule has 0 spiro atoms. The van der Waals surface area contributed by atoms with Crippen LogP contribution in [0.15, 0.2) is 30.6 Å². The third-order valence-electron chi connectivity index (χ3n) is 1.44. The van der Waals surface area contributed by atoms with E-state index in [0.717, 1.165) is 0 Å².